The maximum Gasteiger partial charge on any atom is 0.337 e. The van der Waals surface area contributed by atoms with Crippen molar-refractivity contribution in [3.8, 4) is 17.2 Å². The van der Waals surface area contributed by atoms with Crippen molar-refractivity contribution in [2.24, 2.45) is 5.10 Å². The van der Waals surface area contributed by atoms with Gasteiger partial charge in [-0.25, -0.2) is 15.0 Å². The molecular formula is C26H28N4O7. The zero-order valence-corrected chi connectivity index (χ0v) is 20.7. The minimum Gasteiger partial charge on any atom is -0.493 e. The van der Waals surface area contributed by atoms with Crippen LogP contribution in [0, 0.1) is 0 Å². The number of carbonyl (C=O) groups is 3. The number of nitrogens with one attached hydrogen (secondary N) is 3. The molecule has 37 heavy (non-hydrogen) atoms. The number of amides is 3. The molecule has 2 aromatic rings. The van der Waals surface area contributed by atoms with E-state index in [1.807, 2.05) is 0 Å². The molecule has 1 atom stereocenters. The van der Waals surface area contributed by atoms with Gasteiger partial charge in [-0.2, -0.15) is 5.10 Å². The largest absolute Gasteiger partial charge is 0.493 e. The van der Waals surface area contributed by atoms with Crippen LogP contribution in [0.4, 0.5) is 4.79 Å². The maximum atomic E-state index is 12.3. The van der Waals surface area contributed by atoms with Crippen molar-refractivity contribution in [3.05, 3.63) is 77.5 Å². The summed E-state index contributed by atoms with van der Waals surface area (Å²) in [7, 11) is 2.70. The number of benzene rings is 2. The second kappa shape index (κ2) is 12.8. The Morgan fingerprint density at radius 1 is 1.11 bits per heavy atom. The highest BCUT2D eigenvalue weighted by atomic mass is 16.5. The fourth-order valence-corrected chi connectivity index (χ4v) is 3.47. The maximum absolute atomic E-state index is 12.3. The number of esters is 1. The van der Waals surface area contributed by atoms with Crippen molar-refractivity contribution in [1.82, 2.24) is 16.1 Å². The van der Waals surface area contributed by atoms with Crippen LogP contribution in [0.5, 0.6) is 17.2 Å². The van der Waals surface area contributed by atoms with Crippen LogP contribution in [-0.2, 0) is 14.3 Å². The summed E-state index contributed by atoms with van der Waals surface area (Å²) in [5, 5.41) is 9.19. The molecule has 0 spiro atoms. The zero-order chi connectivity index (χ0) is 26.8. The summed E-state index contributed by atoms with van der Waals surface area (Å²) < 4.78 is 21.3. The second-order valence-electron chi connectivity index (χ2n) is 7.72. The Hall–Kier alpha value is -4.80. The number of ether oxygens (including phenoxy) is 4. The van der Waals surface area contributed by atoms with E-state index in [9.17, 15) is 14.4 Å². The van der Waals surface area contributed by atoms with Crippen molar-refractivity contribution in [3.63, 3.8) is 0 Å². The summed E-state index contributed by atoms with van der Waals surface area (Å²) >= 11 is 0. The van der Waals surface area contributed by atoms with E-state index < -0.39 is 23.9 Å². The Bertz CT molecular complexity index is 1220. The van der Waals surface area contributed by atoms with Gasteiger partial charge in [-0.15, -0.1) is 0 Å². The van der Waals surface area contributed by atoms with Crippen molar-refractivity contribution < 1.29 is 33.3 Å². The molecule has 0 bridgehead atoms. The van der Waals surface area contributed by atoms with Crippen molar-refractivity contribution in [1.29, 1.82) is 0 Å². The zero-order valence-electron chi connectivity index (χ0n) is 20.7. The van der Waals surface area contributed by atoms with E-state index in [-0.39, 0.29) is 12.2 Å². The average molecular weight is 509 g/mol. The van der Waals surface area contributed by atoms with Crippen LogP contribution in [0.25, 0.3) is 0 Å². The summed E-state index contributed by atoms with van der Waals surface area (Å²) in [4.78, 5) is 36.5. The van der Waals surface area contributed by atoms with Gasteiger partial charge in [0, 0.05) is 5.70 Å². The van der Waals surface area contributed by atoms with Crippen molar-refractivity contribution in [2.75, 3.05) is 27.4 Å². The van der Waals surface area contributed by atoms with Gasteiger partial charge in [0.1, 0.15) is 12.4 Å². The molecule has 2 aromatic carbocycles. The van der Waals surface area contributed by atoms with Crippen LogP contribution in [-0.4, -0.2) is 51.6 Å². The summed E-state index contributed by atoms with van der Waals surface area (Å²) in [6.45, 7) is 5.30. The molecule has 11 nitrogen and oxygen atoms in total. The highest BCUT2D eigenvalue weighted by molar-refractivity contribution is 5.95. The second-order valence-corrected chi connectivity index (χ2v) is 7.72. The summed E-state index contributed by atoms with van der Waals surface area (Å²) in [5.74, 6) is 0.238. The SMILES string of the molecule is C=CCOc1ccc(/C=N\NC(=O)COc2ccc([C@@H]3NC(=O)NC(C)=C3C(=O)OC)cc2OC)cc1. The normalized spacial score (nSPS) is 14.9. The number of methoxy groups -OCH3 is 2. The fourth-order valence-electron chi connectivity index (χ4n) is 3.47. The lowest BCUT2D eigenvalue weighted by molar-refractivity contribution is -0.136. The van der Waals surface area contributed by atoms with Crippen LogP contribution in [0.15, 0.2) is 71.5 Å². The molecule has 0 saturated heterocycles. The van der Waals surface area contributed by atoms with E-state index in [2.05, 4.69) is 27.7 Å². The molecule has 0 radical (unpaired) electrons. The third-order valence-corrected chi connectivity index (χ3v) is 5.21. The first kappa shape index (κ1) is 26.8. The summed E-state index contributed by atoms with van der Waals surface area (Å²) in [5.41, 5.74) is 4.37. The molecule has 0 saturated carbocycles. The van der Waals surface area contributed by atoms with Gasteiger partial charge in [-0.05, 0) is 54.4 Å². The lowest BCUT2D eigenvalue weighted by atomic mass is 9.95. The first-order valence-electron chi connectivity index (χ1n) is 11.2. The molecule has 0 unspecified atom stereocenters. The number of rotatable bonds is 11. The predicted octanol–water partition coefficient (Wildman–Crippen LogP) is 2.59. The molecule has 194 valence electrons. The number of allylic oxidation sites excluding steroid dienone is 1. The molecule has 3 N–H and O–H groups in total. The van der Waals surface area contributed by atoms with Gasteiger partial charge >= 0.3 is 12.0 Å². The standard InChI is InChI=1S/C26H28N4O7/c1-5-12-36-19-9-6-17(7-10-19)14-27-30-22(31)15-37-20-11-8-18(13-21(20)34-3)24-23(25(32)35-4)16(2)28-26(33)29-24/h5-11,13-14,24H,1,12,15H2,2-4H3,(H,30,31)(H2,28,29,33)/b27-14-/t24-/m0/s1. The Balaban J connectivity index is 1.62. The molecule has 11 heteroatoms. The van der Waals surface area contributed by atoms with Crippen molar-refractivity contribution in [2.45, 2.75) is 13.0 Å². The van der Waals surface area contributed by atoms with E-state index in [0.29, 0.717) is 35.1 Å². The van der Waals surface area contributed by atoms with E-state index in [0.717, 1.165) is 5.56 Å². The van der Waals surface area contributed by atoms with Gasteiger partial charge in [-0.1, -0.05) is 18.7 Å². The molecule has 1 heterocycles. The van der Waals surface area contributed by atoms with Crippen molar-refractivity contribution >= 4 is 24.1 Å². The quantitative estimate of drug-likeness (QED) is 0.184. The van der Waals surface area contributed by atoms with E-state index in [4.69, 9.17) is 18.9 Å². The predicted molar refractivity (Wildman–Crippen MR) is 135 cm³/mol. The average Bonchev–Trinajstić information content (AvgIpc) is 2.90. The van der Waals surface area contributed by atoms with E-state index in [1.165, 1.54) is 20.4 Å². The van der Waals surface area contributed by atoms with Gasteiger partial charge in [0.15, 0.2) is 18.1 Å². The molecule has 1 aliphatic rings. The Kier molecular flexibility index (Phi) is 9.25. The summed E-state index contributed by atoms with van der Waals surface area (Å²) in [6.07, 6.45) is 3.15. The number of urea groups is 1. The Labute approximate surface area is 214 Å². The Morgan fingerprint density at radius 2 is 1.86 bits per heavy atom. The Morgan fingerprint density at radius 3 is 2.54 bits per heavy atom. The molecule has 0 aliphatic carbocycles. The van der Waals surface area contributed by atoms with Crippen LogP contribution < -0.4 is 30.3 Å². The fraction of sp³-hybridized carbons (Fsp3) is 0.231. The third-order valence-electron chi connectivity index (χ3n) is 5.21. The first-order valence-corrected chi connectivity index (χ1v) is 11.2. The number of hydrazone groups is 1. The van der Waals surface area contributed by atoms with Gasteiger partial charge in [-0.3, -0.25) is 4.79 Å². The van der Waals surface area contributed by atoms with E-state index in [1.54, 1.807) is 55.5 Å². The van der Waals surface area contributed by atoms with Gasteiger partial charge in [0.2, 0.25) is 0 Å². The highest BCUT2D eigenvalue weighted by Gasteiger charge is 2.32. The molecule has 0 fully saturated rings. The minimum atomic E-state index is -0.760. The van der Waals surface area contributed by atoms with Gasteiger partial charge in [0.05, 0.1) is 32.0 Å². The van der Waals surface area contributed by atoms with Crippen LogP contribution >= 0.6 is 0 Å². The van der Waals surface area contributed by atoms with Crippen LogP contribution in [0.2, 0.25) is 0 Å². The van der Waals surface area contributed by atoms with Crippen LogP contribution in [0.3, 0.4) is 0 Å². The molecule has 3 rings (SSSR count). The van der Waals surface area contributed by atoms with Crippen LogP contribution in [0.1, 0.15) is 24.1 Å². The lowest BCUT2D eigenvalue weighted by Gasteiger charge is -2.28. The number of nitrogens with zero attached hydrogens (tertiary/aromatic N) is 1. The number of hydrogen-bond acceptors (Lipinski definition) is 8. The monoisotopic (exact) mass is 508 g/mol. The molecule has 0 aromatic heterocycles. The van der Waals surface area contributed by atoms with E-state index >= 15 is 0 Å². The minimum absolute atomic E-state index is 0.258. The number of hydrogen-bond donors (Lipinski definition) is 3. The topological polar surface area (TPSA) is 137 Å². The van der Waals surface area contributed by atoms with Gasteiger partial charge in [0.25, 0.3) is 5.91 Å². The third kappa shape index (κ3) is 7.10. The smallest absolute Gasteiger partial charge is 0.337 e. The lowest BCUT2D eigenvalue weighted by Crippen LogP contribution is -2.45. The highest BCUT2D eigenvalue weighted by Crippen LogP contribution is 2.34. The molecule has 1 aliphatic heterocycles. The van der Waals surface area contributed by atoms with Gasteiger partial charge < -0.3 is 29.6 Å². The first-order chi connectivity index (χ1) is 17.9. The summed E-state index contributed by atoms with van der Waals surface area (Å²) in [6, 6.07) is 10.8. The number of carbonyl (C=O) groups excluding carboxylic acids is 3. The molecule has 3 amide bonds. The molecular weight excluding hydrogens is 480 g/mol.